The lowest BCUT2D eigenvalue weighted by Gasteiger charge is -2.16. The van der Waals surface area contributed by atoms with Gasteiger partial charge in [-0.25, -0.2) is 9.97 Å². The molecule has 59 heavy (non-hydrogen) atoms. The Morgan fingerprint density at radius 2 is 1.61 bits per heavy atom. The van der Waals surface area contributed by atoms with Crippen molar-refractivity contribution in [1.29, 1.82) is 0 Å². The SMILES string of the molecule is CCC1c2cc3[nH]c4c(c5[nH+]c(cc6nc(cc([nH]2)C1C)C(=C(C)O)C=6C)C(C)=C5CCC(=O)OC)c(O)n(Cc1cc(C(F)(F)F)cc(C(F)(F)F)c1)c(=O)c4c3C. The van der Waals surface area contributed by atoms with Gasteiger partial charge in [0.15, 0.2) is 0 Å². The van der Waals surface area contributed by atoms with E-state index in [-0.39, 0.29) is 58.5 Å². The van der Waals surface area contributed by atoms with Crippen molar-refractivity contribution in [3.63, 3.8) is 0 Å². The molecule has 310 valence electrons. The summed E-state index contributed by atoms with van der Waals surface area (Å²) in [5.41, 5.74) is 1.71. The van der Waals surface area contributed by atoms with E-state index >= 15 is 0 Å². The second-order valence-corrected chi connectivity index (χ2v) is 15.3. The molecule has 5 N–H and O–H groups in total. The molecule has 0 aliphatic carbocycles. The molecule has 7 rings (SSSR count). The number of fused-ring (bicyclic) bond motifs is 8. The summed E-state index contributed by atoms with van der Waals surface area (Å²) in [5, 5.41) is 23.6. The van der Waals surface area contributed by atoms with Gasteiger partial charge in [0.1, 0.15) is 5.39 Å². The average Bonchev–Trinajstić information content (AvgIpc) is 3.84. The van der Waals surface area contributed by atoms with Crippen molar-refractivity contribution in [1.82, 2.24) is 19.5 Å². The zero-order valence-corrected chi connectivity index (χ0v) is 33.2. The van der Waals surface area contributed by atoms with Crippen molar-refractivity contribution in [2.45, 2.75) is 91.5 Å². The highest BCUT2D eigenvalue weighted by molar-refractivity contribution is 6.08. The number of nitrogens with one attached hydrogen (secondary N) is 3. The van der Waals surface area contributed by atoms with Crippen LogP contribution in [0.4, 0.5) is 26.3 Å². The van der Waals surface area contributed by atoms with Crippen LogP contribution in [0.5, 0.6) is 5.88 Å². The maximum atomic E-state index is 14.5. The fourth-order valence-electron chi connectivity index (χ4n) is 8.49. The molecule has 10 nitrogen and oxygen atoms in total. The molecule has 0 saturated heterocycles. The van der Waals surface area contributed by atoms with Crippen LogP contribution in [0.1, 0.15) is 116 Å². The first-order valence-electron chi connectivity index (χ1n) is 18.9. The first-order chi connectivity index (χ1) is 27.6. The summed E-state index contributed by atoms with van der Waals surface area (Å²) in [6.45, 7) is 10.1. The van der Waals surface area contributed by atoms with Crippen LogP contribution in [0.25, 0.3) is 44.1 Å². The number of aromatic hydroxyl groups is 1. The fourth-order valence-corrected chi connectivity index (χ4v) is 8.49. The van der Waals surface area contributed by atoms with Crippen LogP contribution in [0.2, 0.25) is 0 Å². The molecule has 3 aromatic heterocycles. The Kier molecular flexibility index (Phi) is 10.2. The minimum Gasteiger partial charge on any atom is -0.512 e. The number of carbonyl (C=O) groups excluding carboxylic acids is 1. The Hall–Kier alpha value is -6.06. The maximum Gasteiger partial charge on any atom is 0.416 e. The molecule has 1 aromatic carbocycles. The maximum absolute atomic E-state index is 14.5. The van der Waals surface area contributed by atoms with E-state index < -0.39 is 53.0 Å². The first-order valence-corrected chi connectivity index (χ1v) is 18.9. The van der Waals surface area contributed by atoms with E-state index in [0.29, 0.717) is 68.7 Å². The zero-order valence-electron chi connectivity index (χ0n) is 33.2. The van der Waals surface area contributed by atoms with Crippen LogP contribution in [-0.2, 0) is 28.4 Å². The van der Waals surface area contributed by atoms with Gasteiger partial charge in [0.2, 0.25) is 17.3 Å². The van der Waals surface area contributed by atoms with Crippen molar-refractivity contribution in [3.8, 4) is 5.88 Å². The highest BCUT2D eigenvalue weighted by atomic mass is 19.4. The molecule has 2 unspecified atom stereocenters. The number of aromatic nitrogens is 5. The van der Waals surface area contributed by atoms with Gasteiger partial charge in [0, 0.05) is 57.9 Å². The van der Waals surface area contributed by atoms with Crippen molar-refractivity contribution in [2.24, 2.45) is 0 Å². The summed E-state index contributed by atoms with van der Waals surface area (Å²) < 4.78 is 89.4. The minimum absolute atomic E-state index is 0.00134. The fraction of sp³-hybridized carbons (Fsp3) is 0.349. The molecule has 3 aliphatic rings. The quantitative estimate of drug-likeness (QED) is 0.0868. The zero-order chi connectivity index (χ0) is 43.0. The third-order valence-corrected chi connectivity index (χ3v) is 11.7. The third kappa shape index (κ3) is 7.11. The molecule has 0 saturated carbocycles. The number of alkyl halides is 6. The Morgan fingerprint density at radius 1 is 0.949 bits per heavy atom. The van der Waals surface area contributed by atoms with Gasteiger partial charge in [-0.2, -0.15) is 26.3 Å². The Balaban J connectivity index is 1.67. The molecule has 2 atom stereocenters. The predicted octanol–water partition coefficient (Wildman–Crippen LogP) is 8.93. The number of methoxy groups -OCH3 is 1. The van der Waals surface area contributed by atoms with Crippen LogP contribution < -0.4 is 15.9 Å². The van der Waals surface area contributed by atoms with Gasteiger partial charge < -0.3 is 24.9 Å². The largest absolute Gasteiger partial charge is 0.512 e. The summed E-state index contributed by atoms with van der Waals surface area (Å²) in [4.78, 5) is 42.2. The number of ether oxygens (including phenoxy) is 1. The standard InChI is InChI=1S/C43H41F6N5O5/c1-8-26-18(2)28-16-33-35(22(6)55)20(4)30(51-33)14-29-19(3)27(9-10-34(56)59-7)38(52-29)37-39-36(21(5)31(53-39)15-32(26)50-28)40(57)54(41(37)58)17-23-11-24(42(44,45)46)13-25(12-23)43(47,48)49/h11-16,18,26,50,53,55,58H,8-10,17H2,1-7H3/p+1. The van der Waals surface area contributed by atoms with Crippen LogP contribution in [-0.4, -0.2) is 42.8 Å². The van der Waals surface area contributed by atoms with Gasteiger partial charge in [0.05, 0.1) is 52.5 Å². The molecule has 8 bridgehead atoms. The number of nitrogens with zero attached hydrogens (tertiary/aromatic N) is 2. The number of H-pyrrole nitrogens is 3. The number of hydrogen-bond acceptors (Lipinski definition) is 6. The molecule has 0 spiro atoms. The smallest absolute Gasteiger partial charge is 0.416 e. The normalized spacial score (nSPS) is 17.5. The van der Waals surface area contributed by atoms with E-state index in [1.54, 1.807) is 26.8 Å². The second-order valence-electron chi connectivity index (χ2n) is 15.3. The Bertz CT molecular complexity index is 2800. The molecule has 16 heteroatoms. The topological polar surface area (TPSA) is 147 Å². The van der Waals surface area contributed by atoms with E-state index in [1.807, 2.05) is 26.0 Å². The lowest BCUT2D eigenvalue weighted by Crippen LogP contribution is -2.23. The second kappa shape index (κ2) is 14.6. The number of halogens is 6. The number of aliphatic hydroxyl groups excluding tert-OH is 1. The molecule has 3 aliphatic heterocycles. The number of pyridine rings is 1. The number of aryl methyl sites for hydroxylation is 1. The Morgan fingerprint density at radius 3 is 2.20 bits per heavy atom. The number of aliphatic hydroxyl groups is 1. The lowest BCUT2D eigenvalue weighted by molar-refractivity contribution is -0.379. The molecular formula is C43H42F6N5O5+. The number of carbonyl (C=O) groups is 1. The van der Waals surface area contributed by atoms with E-state index in [1.165, 1.54) is 7.11 Å². The monoisotopic (exact) mass is 822 g/mol. The van der Waals surface area contributed by atoms with Crippen molar-refractivity contribution in [2.75, 3.05) is 7.11 Å². The molecule has 0 fully saturated rings. The number of rotatable bonds is 6. The minimum atomic E-state index is -5.15. The summed E-state index contributed by atoms with van der Waals surface area (Å²) in [5.74, 6) is -1.29. The van der Waals surface area contributed by atoms with Crippen molar-refractivity contribution >= 4 is 50.1 Å². The molecule has 0 amide bonds. The van der Waals surface area contributed by atoms with E-state index in [4.69, 9.17) is 9.72 Å². The number of hydrogen-bond donors (Lipinski definition) is 4. The van der Waals surface area contributed by atoms with E-state index in [2.05, 4.69) is 21.9 Å². The van der Waals surface area contributed by atoms with Gasteiger partial charge in [-0.1, -0.05) is 13.8 Å². The van der Waals surface area contributed by atoms with Gasteiger partial charge in [0.25, 0.3) is 5.56 Å². The predicted molar refractivity (Wildman–Crippen MR) is 209 cm³/mol. The van der Waals surface area contributed by atoms with Crippen LogP contribution in [0.15, 0.2) is 47.0 Å². The first kappa shape index (κ1) is 41.1. The van der Waals surface area contributed by atoms with Crippen LogP contribution in [0.3, 0.4) is 0 Å². The van der Waals surface area contributed by atoms with Gasteiger partial charge >= 0.3 is 18.3 Å². The van der Waals surface area contributed by atoms with Gasteiger partial charge in [-0.3, -0.25) is 14.2 Å². The third-order valence-electron chi connectivity index (χ3n) is 11.7. The van der Waals surface area contributed by atoms with E-state index in [9.17, 15) is 46.1 Å². The summed E-state index contributed by atoms with van der Waals surface area (Å²) >= 11 is 0. The highest BCUT2D eigenvalue weighted by Crippen LogP contribution is 2.43. The van der Waals surface area contributed by atoms with Crippen LogP contribution >= 0.6 is 0 Å². The molecule has 6 heterocycles. The summed E-state index contributed by atoms with van der Waals surface area (Å²) in [7, 11) is 1.24. The summed E-state index contributed by atoms with van der Waals surface area (Å²) in [6.07, 6.45) is -9.62. The number of esters is 1. The molecular weight excluding hydrogens is 780 g/mol. The van der Waals surface area contributed by atoms with Crippen molar-refractivity contribution < 1.29 is 51.1 Å². The molecule has 4 aromatic rings. The van der Waals surface area contributed by atoms with Crippen molar-refractivity contribution in [3.05, 3.63) is 109 Å². The van der Waals surface area contributed by atoms with Crippen LogP contribution in [0, 0.1) is 6.92 Å². The lowest BCUT2D eigenvalue weighted by atomic mass is 9.89. The van der Waals surface area contributed by atoms with Gasteiger partial charge in [-0.05, 0) is 87.6 Å². The average molecular weight is 823 g/mol. The number of allylic oxidation sites excluding steroid dienone is 4. The number of benzene rings is 1. The number of aromatic amines is 3. The summed E-state index contributed by atoms with van der Waals surface area (Å²) in [6, 6.07) is 6.53. The van der Waals surface area contributed by atoms with Gasteiger partial charge in [-0.15, -0.1) is 0 Å². The highest BCUT2D eigenvalue weighted by Gasteiger charge is 2.38. The van der Waals surface area contributed by atoms with E-state index in [0.717, 1.165) is 16.0 Å². The molecule has 0 radical (unpaired) electrons. The Labute approximate surface area is 333 Å².